The van der Waals surface area contributed by atoms with Gasteiger partial charge in [0.2, 0.25) is 10.0 Å². The first-order valence-corrected chi connectivity index (χ1v) is 12.0. The summed E-state index contributed by atoms with van der Waals surface area (Å²) in [6.07, 6.45) is 1.92. The van der Waals surface area contributed by atoms with Crippen LogP contribution in [0.1, 0.15) is 17.2 Å². The lowest BCUT2D eigenvalue weighted by Gasteiger charge is -2.27. The smallest absolute Gasteiger partial charge is 0.257 e. The second kappa shape index (κ2) is 9.66. The van der Waals surface area contributed by atoms with Gasteiger partial charge in [-0.05, 0) is 53.6 Å². The minimum absolute atomic E-state index is 0.0895. The summed E-state index contributed by atoms with van der Waals surface area (Å²) in [6, 6.07) is 20.9. The predicted octanol–water partition coefficient (Wildman–Crippen LogP) is 3.58. The SMILES string of the molecule is COc1ccc([C@@H]2C=C(c3ccccc3)NN2C(=O)CN(C)S(=O)(=O)c2ccc(F)cc2)cc1. The number of likely N-dealkylation sites (N-methyl/N-ethyl adjacent to an activating group) is 1. The van der Waals surface area contributed by atoms with Crippen molar-refractivity contribution < 1.29 is 22.3 Å². The van der Waals surface area contributed by atoms with Crippen molar-refractivity contribution in [1.29, 1.82) is 0 Å². The van der Waals surface area contributed by atoms with Crippen LogP contribution in [0.4, 0.5) is 4.39 Å². The van der Waals surface area contributed by atoms with Crippen molar-refractivity contribution in [3.63, 3.8) is 0 Å². The van der Waals surface area contributed by atoms with Crippen LogP contribution in [0, 0.1) is 5.82 Å². The average Bonchev–Trinajstić information content (AvgIpc) is 3.30. The van der Waals surface area contributed by atoms with Crippen LogP contribution >= 0.6 is 0 Å². The van der Waals surface area contributed by atoms with Crippen LogP contribution < -0.4 is 10.2 Å². The number of sulfonamides is 1. The summed E-state index contributed by atoms with van der Waals surface area (Å²) < 4.78 is 45.2. The van der Waals surface area contributed by atoms with Gasteiger partial charge in [0.15, 0.2) is 0 Å². The molecule has 0 saturated carbocycles. The van der Waals surface area contributed by atoms with E-state index in [4.69, 9.17) is 4.74 Å². The second-order valence-electron chi connectivity index (χ2n) is 7.75. The molecule has 3 aromatic rings. The zero-order chi connectivity index (χ0) is 24.3. The number of nitrogens with one attached hydrogen (secondary N) is 1. The summed E-state index contributed by atoms with van der Waals surface area (Å²) in [5.74, 6) is -0.304. The highest BCUT2D eigenvalue weighted by atomic mass is 32.2. The van der Waals surface area contributed by atoms with Crippen molar-refractivity contribution >= 4 is 21.6 Å². The summed E-state index contributed by atoms with van der Waals surface area (Å²) in [6.45, 7) is -0.407. The Morgan fingerprint density at radius 3 is 2.29 bits per heavy atom. The van der Waals surface area contributed by atoms with Gasteiger partial charge in [-0.1, -0.05) is 42.5 Å². The van der Waals surface area contributed by atoms with Gasteiger partial charge < -0.3 is 4.74 Å². The molecule has 1 amide bonds. The Kier molecular flexibility index (Phi) is 6.67. The molecule has 0 spiro atoms. The van der Waals surface area contributed by atoms with Crippen LogP contribution in [0.25, 0.3) is 5.70 Å². The van der Waals surface area contributed by atoms with E-state index in [1.54, 1.807) is 19.2 Å². The maximum atomic E-state index is 13.3. The first-order valence-electron chi connectivity index (χ1n) is 10.5. The summed E-state index contributed by atoms with van der Waals surface area (Å²) in [5, 5.41) is 1.42. The fraction of sp³-hybridized carbons (Fsp3) is 0.160. The van der Waals surface area contributed by atoms with Crippen LogP contribution in [0.3, 0.4) is 0 Å². The number of benzene rings is 3. The van der Waals surface area contributed by atoms with E-state index in [0.29, 0.717) is 5.75 Å². The van der Waals surface area contributed by atoms with Crippen molar-refractivity contribution in [2.75, 3.05) is 20.7 Å². The molecule has 4 rings (SSSR count). The maximum Gasteiger partial charge on any atom is 0.257 e. The number of hydrogen-bond donors (Lipinski definition) is 1. The number of amides is 1. The van der Waals surface area contributed by atoms with E-state index in [2.05, 4.69) is 5.43 Å². The molecule has 0 aromatic heterocycles. The lowest BCUT2D eigenvalue weighted by Crippen LogP contribution is -2.45. The zero-order valence-corrected chi connectivity index (χ0v) is 19.5. The predicted molar refractivity (Wildman–Crippen MR) is 126 cm³/mol. The van der Waals surface area contributed by atoms with Crippen LogP contribution in [0.15, 0.2) is 89.8 Å². The number of carbonyl (C=O) groups excluding carboxylic acids is 1. The fourth-order valence-corrected chi connectivity index (χ4v) is 4.77. The molecule has 1 N–H and O–H groups in total. The second-order valence-corrected chi connectivity index (χ2v) is 9.80. The van der Waals surface area contributed by atoms with Gasteiger partial charge in [-0.25, -0.2) is 17.8 Å². The van der Waals surface area contributed by atoms with Crippen LogP contribution in [-0.2, 0) is 14.8 Å². The van der Waals surface area contributed by atoms with Crippen LogP contribution in [0.5, 0.6) is 5.75 Å². The number of rotatable bonds is 7. The van der Waals surface area contributed by atoms with Crippen molar-refractivity contribution in [3.8, 4) is 5.75 Å². The lowest BCUT2D eigenvalue weighted by molar-refractivity contribution is -0.134. The molecule has 1 atom stereocenters. The number of halogens is 1. The molecule has 1 aliphatic heterocycles. The molecule has 0 fully saturated rings. The summed E-state index contributed by atoms with van der Waals surface area (Å²) in [7, 11) is -1.08. The summed E-state index contributed by atoms with van der Waals surface area (Å²) >= 11 is 0. The minimum atomic E-state index is -3.98. The van der Waals surface area contributed by atoms with E-state index in [9.17, 15) is 17.6 Å². The van der Waals surface area contributed by atoms with Gasteiger partial charge in [0, 0.05) is 7.05 Å². The Bertz CT molecular complexity index is 1290. The molecule has 0 bridgehead atoms. The Morgan fingerprint density at radius 1 is 1.03 bits per heavy atom. The number of nitrogens with zero attached hydrogens (tertiary/aromatic N) is 2. The lowest BCUT2D eigenvalue weighted by atomic mass is 10.0. The van der Waals surface area contributed by atoms with Crippen LogP contribution in [0.2, 0.25) is 0 Å². The van der Waals surface area contributed by atoms with E-state index >= 15 is 0 Å². The average molecular weight is 482 g/mol. The molecular formula is C25H24FN3O4S. The molecule has 176 valence electrons. The van der Waals surface area contributed by atoms with E-state index in [0.717, 1.165) is 33.3 Å². The highest BCUT2D eigenvalue weighted by Crippen LogP contribution is 2.32. The van der Waals surface area contributed by atoms with Crippen molar-refractivity contribution in [2.45, 2.75) is 10.9 Å². The van der Waals surface area contributed by atoms with E-state index < -0.39 is 34.3 Å². The van der Waals surface area contributed by atoms with Gasteiger partial charge in [0.05, 0.1) is 30.3 Å². The Balaban J connectivity index is 1.59. The molecule has 0 radical (unpaired) electrons. The van der Waals surface area contributed by atoms with E-state index in [-0.39, 0.29) is 4.90 Å². The molecule has 3 aromatic carbocycles. The van der Waals surface area contributed by atoms with Gasteiger partial charge in [-0.3, -0.25) is 10.2 Å². The molecule has 34 heavy (non-hydrogen) atoms. The molecule has 0 aliphatic carbocycles. The number of carbonyl (C=O) groups is 1. The topological polar surface area (TPSA) is 79.0 Å². The first kappa shape index (κ1) is 23.5. The fourth-order valence-electron chi connectivity index (χ4n) is 3.65. The van der Waals surface area contributed by atoms with Crippen LogP contribution in [-0.4, -0.2) is 44.3 Å². The molecule has 0 unspecified atom stereocenters. The zero-order valence-electron chi connectivity index (χ0n) is 18.7. The van der Waals surface area contributed by atoms with Crippen molar-refractivity contribution in [2.24, 2.45) is 0 Å². The third-order valence-electron chi connectivity index (χ3n) is 5.53. The number of methoxy groups -OCH3 is 1. The van der Waals surface area contributed by atoms with Crippen molar-refractivity contribution in [1.82, 2.24) is 14.7 Å². The number of ether oxygens (including phenoxy) is 1. The Morgan fingerprint density at radius 2 is 1.68 bits per heavy atom. The normalized spacial score (nSPS) is 15.7. The summed E-state index contributed by atoms with van der Waals surface area (Å²) in [4.78, 5) is 13.2. The molecule has 1 aliphatic rings. The number of hydrazine groups is 1. The Hall–Kier alpha value is -3.69. The maximum absolute atomic E-state index is 13.3. The standard InChI is InChI=1S/C25H24FN3O4S/c1-28(34(31,32)22-14-10-20(26)11-15-22)17-25(30)29-24(19-8-12-21(33-2)13-9-19)16-23(27-29)18-6-4-3-5-7-18/h3-16,24,27H,17H2,1-2H3/t24-/m0/s1. The van der Waals surface area contributed by atoms with Gasteiger partial charge in [-0.2, -0.15) is 4.31 Å². The van der Waals surface area contributed by atoms with Gasteiger partial charge in [-0.15, -0.1) is 0 Å². The molecule has 7 nitrogen and oxygen atoms in total. The van der Waals surface area contributed by atoms with Gasteiger partial charge >= 0.3 is 0 Å². The van der Waals surface area contributed by atoms with E-state index in [1.165, 1.54) is 24.2 Å². The third-order valence-corrected chi connectivity index (χ3v) is 7.35. The molecular weight excluding hydrogens is 457 g/mol. The number of hydrogen-bond acceptors (Lipinski definition) is 5. The van der Waals surface area contributed by atoms with Gasteiger partial charge in [0.25, 0.3) is 5.91 Å². The highest BCUT2D eigenvalue weighted by molar-refractivity contribution is 7.89. The van der Waals surface area contributed by atoms with E-state index in [1.807, 2.05) is 48.5 Å². The molecule has 9 heteroatoms. The summed E-state index contributed by atoms with van der Waals surface area (Å²) in [5.41, 5.74) is 5.59. The third kappa shape index (κ3) is 4.80. The van der Waals surface area contributed by atoms with Crippen molar-refractivity contribution in [3.05, 3.63) is 102 Å². The minimum Gasteiger partial charge on any atom is -0.497 e. The molecule has 1 heterocycles. The highest BCUT2D eigenvalue weighted by Gasteiger charge is 2.33. The molecule has 0 saturated heterocycles. The largest absolute Gasteiger partial charge is 0.497 e. The Labute approximate surface area is 198 Å². The monoisotopic (exact) mass is 481 g/mol. The first-order chi connectivity index (χ1) is 16.3. The quantitative estimate of drug-likeness (QED) is 0.558. The van der Waals surface area contributed by atoms with Gasteiger partial charge in [0.1, 0.15) is 11.6 Å².